The minimum absolute atomic E-state index is 0.0171. The zero-order valence-corrected chi connectivity index (χ0v) is 18.2. The van der Waals surface area contributed by atoms with Gasteiger partial charge >= 0.3 is 11.9 Å². The number of hydrogen-bond donors (Lipinski definition) is 2. The molecule has 0 amide bonds. The van der Waals surface area contributed by atoms with Crippen molar-refractivity contribution in [3.05, 3.63) is 58.7 Å². The van der Waals surface area contributed by atoms with Crippen LogP contribution in [0, 0.1) is 5.41 Å². The predicted octanol–water partition coefficient (Wildman–Crippen LogP) is 4.90. The molecular weight excluding hydrogens is 368 g/mol. The van der Waals surface area contributed by atoms with Gasteiger partial charge in [-0.05, 0) is 57.1 Å². The summed E-state index contributed by atoms with van der Waals surface area (Å²) in [6.07, 6.45) is 13.3. The van der Waals surface area contributed by atoms with Crippen LogP contribution in [0.5, 0.6) is 0 Å². The Bertz CT molecular complexity index is 747. The van der Waals surface area contributed by atoms with E-state index in [1.54, 1.807) is 6.08 Å². The van der Waals surface area contributed by atoms with Gasteiger partial charge in [-0.1, -0.05) is 60.9 Å². The standard InChI is InChI=1S/C24H34O5/c1-17(11-12-20-19(3)10-7-14-24(20,4)5)8-6-9-18(2)13-15-29-23(28)21(25)16-22(26)27/h6,8-9,11-13,21,25H,7,10,14-16H2,1-5H3,(H,26,27)/b9-6-,12-11?,17-8?,18-13?. The summed E-state index contributed by atoms with van der Waals surface area (Å²) in [5.41, 5.74) is 5.17. The number of allylic oxidation sites excluding steroid dienone is 9. The molecule has 0 saturated carbocycles. The molecule has 160 valence electrons. The van der Waals surface area contributed by atoms with Crippen molar-refractivity contribution in [3.8, 4) is 0 Å². The van der Waals surface area contributed by atoms with Gasteiger partial charge in [0, 0.05) is 0 Å². The van der Waals surface area contributed by atoms with Crippen LogP contribution < -0.4 is 0 Å². The van der Waals surface area contributed by atoms with E-state index in [2.05, 4.69) is 39.8 Å². The van der Waals surface area contributed by atoms with Crippen LogP contribution in [0.4, 0.5) is 0 Å². The lowest BCUT2D eigenvalue weighted by Crippen LogP contribution is -2.25. The highest BCUT2D eigenvalue weighted by Crippen LogP contribution is 2.40. The first-order valence-corrected chi connectivity index (χ1v) is 9.99. The SMILES string of the molecule is CC(C=CC1=C(C)CCCC1(C)C)=C/C=C\C(C)=CCOC(=O)C(O)CC(=O)O. The lowest BCUT2D eigenvalue weighted by molar-refractivity contribution is -0.157. The molecule has 29 heavy (non-hydrogen) atoms. The Morgan fingerprint density at radius 3 is 2.52 bits per heavy atom. The molecule has 1 unspecified atom stereocenters. The van der Waals surface area contributed by atoms with E-state index in [0.717, 1.165) is 11.1 Å². The van der Waals surface area contributed by atoms with Crippen molar-refractivity contribution in [1.29, 1.82) is 0 Å². The molecule has 1 aliphatic carbocycles. The van der Waals surface area contributed by atoms with Crippen LogP contribution in [-0.4, -0.2) is 34.9 Å². The molecule has 0 fully saturated rings. The van der Waals surface area contributed by atoms with E-state index < -0.39 is 24.5 Å². The number of aliphatic carboxylic acids is 1. The van der Waals surface area contributed by atoms with Crippen LogP contribution in [0.2, 0.25) is 0 Å². The van der Waals surface area contributed by atoms with Crippen molar-refractivity contribution < 1.29 is 24.5 Å². The van der Waals surface area contributed by atoms with Crippen molar-refractivity contribution in [2.45, 2.75) is 66.4 Å². The predicted molar refractivity (Wildman–Crippen MR) is 115 cm³/mol. The zero-order valence-electron chi connectivity index (χ0n) is 18.2. The van der Waals surface area contributed by atoms with E-state index in [0.29, 0.717) is 0 Å². The number of aliphatic hydroxyl groups is 1. The summed E-state index contributed by atoms with van der Waals surface area (Å²) in [7, 11) is 0. The van der Waals surface area contributed by atoms with Gasteiger partial charge < -0.3 is 14.9 Å². The molecule has 1 rings (SSSR count). The normalized spacial score (nSPS) is 19.1. The third-order valence-electron chi connectivity index (χ3n) is 5.04. The first kappa shape index (κ1) is 24.6. The fraction of sp³-hybridized carbons (Fsp3) is 0.500. The van der Waals surface area contributed by atoms with Gasteiger partial charge in [-0.25, -0.2) is 4.79 Å². The van der Waals surface area contributed by atoms with E-state index >= 15 is 0 Å². The highest BCUT2D eigenvalue weighted by atomic mass is 16.5. The van der Waals surface area contributed by atoms with Crippen LogP contribution in [0.3, 0.4) is 0 Å². The average molecular weight is 403 g/mol. The van der Waals surface area contributed by atoms with Gasteiger partial charge in [-0.2, -0.15) is 0 Å². The topological polar surface area (TPSA) is 83.8 Å². The molecule has 1 aliphatic rings. The van der Waals surface area contributed by atoms with E-state index in [-0.39, 0.29) is 12.0 Å². The molecule has 5 nitrogen and oxygen atoms in total. The van der Waals surface area contributed by atoms with E-state index in [4.69, 9.17) is 9.84 Å². The summed E-state index contributed by atoms with van der Waals surface area (Å²) in [5, 5.41) is 17.9. The maximum absolute atomic E-state index is 11.4. The molecule has 0 aromatic carbocycles. The molecule has 0 aliphatic heterocycles. The Kier molecular flexibility index (Phi) is 9.83. The lowest BCUT2D eigenvalue weighted by atomic mass is 9.72. The van der Waals surface area contributed by atoms with Gasteiger partial charge in [0.25, 0.3) is 0 Å². The molecule has 2 N–H and O–H groups in total. The summed E-state index contributed by atoms with van der Waals surface area (Å²) in [6.45, 7) is 10.7. The van der Waals surface area contributed by atoms with Crippen LogP contribution in [0.1, 0.15) is 60.3 Å². The van der Waals surface area contributed by atoms with Crippen molar-refractivity contribution in [2.24, 2.45) is 5.41 Å². The number of ether oxygens (including phenoxy) is 1. The number of aliphatic hydroxyl groups excluding tert-OH is 1. The summed E-state index contributed by atoms with van der Waals surface area (Å²) in [4.78, 5) is 21.9. The second-order valence-corrected chi connectivity index (χ2v) is 8.23. The number of hydrogen-bond acceptors (Lipinski definition) is 4. The number of carbonyl (C=O) groups excluding carboxylic acids is 1. The van der Waals surface area contributed by atoms with E-state index in [9.17, 15) is 14.7 Å². The fourth-order valence-electron chi connectivity index (χ4n) is 3.30. The second kappa shape index (κ2) is 11.6. The second-order valence-electron chi connectivity index (χ2n) is 8.23. The molecule has 0 heterocycles. The zero-order chi connectivity index (χ0) is 22.0. The smallest absolute Gasteiger partial charge is 0.335 e. The maximum atomic E-state index is 11.4. The molecule has 0 radical (unpaired) electrons. The number of carbonyl (C=O) groups is 2. The van der Waals surface area contributed by atoms with Crippen LogP contribution in [0.25, 0.3) is 0 Å². The molecular formula is C24H34O5. The molecule has 0 saturated heterocycles. The van der Waals surface area contributed by atoms with Crippen LogP contribution in [-0.2, 0) is 14.3 Å². The third-order valence-corrected chi connectivity index (χ3v) is 5.04. The van der Waals surface area contributed by atoms with Gasteiger partial charge in [0.2, 0.25) is 0 Å². The molecule has 5 heteroatoms. The Hall–Kier alpha value is -2.40. The van der Waals surface area contributed by atoms with Gasteiger partial charge in [0.05, 0.1) is 6.42 Å². The summed E-state index contributed by atoms with van der Waals surface area (Å²) >= 11 is 0. The summed E-state index contributed by atoms with van der Waals surface area (Å²) < 4.78 is 4.84. The Balaban J connectivity index is 2.57. The van der Waals surface area contributed by atoms with Crippen LogP contribution >= 0.6 is 0 Å². The number of carboxylic acid groups (broad SMARTS) is 1. The first-order chi connectivity index (χ1) is 13.5. The van der Waals surface area contributed by atoms with Crippen molar-refractivity contribution >= 4 is 11.9 Å². The highest BCUT2D eigenvalue weighted by Gasteiger charge is 2.26. The minimum Gasteiger partial charge on any atom is -0.481 e. The third kappa shape index (κ3) is 9.09. The first-order valence-electron chi connectivity index (χ1n) is 9.99. The molecule has 0 aromatic heterocycles. The maximum Gasteiger partial charge on any atom is 0.335 e. The molecule has 1 atom stereocenters. The van der Waals surface area contributed by atoms with Crippen molar-refractivity contribution in [3.63, 3.8) is 0 Å². The lowest BCUT2D eigenvalue weighted by Gasteiger charge is -2.32. The number of carboxylic acids is 1. The quantitative estimate of drug-likeness (QED) is 0.423. The van der Waals surface area contributed by atoms with E-state index in [1.165, 1.54) is 30.4 Å². The average Bonchev–Trinajstić information content (AvgIpc) is 2.60. The van der Waals surface area contributed by atoms with Crippen molar-refractivity contribution in [1.82, 2.24) is 0 Å². The van der Waals surface area contributed by atoms with Gasteiger partial charge in [0.1, 0.15) is 6.61 Å². The minimum atomic E-state index is -1.64. The van der Waals surface area contributed by atoms with Gasteiger partial charge in [-0.3, -0.25) is 4.79 Å². The summed E-state index contributed by atoms with van der Waals surface area (Å²) in [5.74, 6) is -2.18. The fourth-order valence-corrected chi connectivity index (χ4v) is 3.30. The summed E-state index contributed by atoms with van der Waals surface area (Å²) in [6, 6.07) is 0. The Morgan fingerprint density at radius 2 is 1.90 bits per heavy atom. The molecule has 0 aromatic rings. The monoisotopic (exact) mass is 402 g/mol. The molecule has 0 spiro atoms. The van der Waals surface area contributed by atoms with Gasteiger partial charge in [-0.15, -0.1) is 0 Å². The number of esters is 1. The Morgan fingerprint density at radius 1 is 1.21 bits per heavy atom. The van der Waals surface area contributed by atoms with E-state index in [1.807, 2.05) is 25.2 Å². The number of rotatable bonds is 9. The Labute approximate surface area is 174 Å². The largest absolute Gasteiger partial charge is 0.481 e. The van der Waals surface area contributed by atoms with Crippen molar-refractivity contribution in [2.75, 3.05) is 6.61 Å². The molecule has 0 bridgehead atoms. The van der Waals surface area contributed by atoms with Crippen LogP contribution in [0.15, 0.2) is 58.7 Å². The van der Waals surface area contributed by atoms with Gasteiger partial charge in [0.15, 0.2) is 6.10 Å². The highest BCUT2D eigenvalue weighted by molar-refractivity contribution is 5.80.